The lowest BCUT2D eigenvalue weighted by Gasteiger charge is -2.19. The second-order valence-corrected chi connectivity index (χ2v) is 15.8. The predicted molar refractivity (Wildman–Crippen MR) is 125 cm³/mol. The first kappa shape index (κ1) is 25.1. The summed E-state index contributed by atoms with van der Waals surface area (Å²) in [6.07, 6.45) is 1.98. The van der Waals surface area contributed by atoms with E-state index in [0.29, 0.717) is 35.0 Å². The molecule has 2 aromatic heterocycles. The first-order chi connectivity index (χ1) is 14.4. The molecule has 2 aromatic rings. The standard InChI is InChI=1S/C20H31BrN6O3Si/c1-20(2,3)30-17(28)8-10-26-9-7-16(24-26)23-19-15(13-22)18(21)25-27(19)14-29-11-12-31(4,5)6/h7,9H,8,10-12,14H2,1-6H3,(H,23,24). The number of hydrogen-bond donors (Lipinski definition) is 1. The van der Waals surface area contributed by atoms with Gasteiger partial charge in [0.1, 0.15) is 28.6 Å². The molecule has 31 heavy (non-hydrogen) atoms. The third-order valence-electron chi connectivity index (χ3n) is 4.08. The topological polar surface area (TPSA) is 107 Å². The number of nitrogens with one attached hydrogen (secondary N) is 1. The SMILES string of the molecule is CC(C)(C)OC(=O)CCn1ccc(Nc2c(C#N)c(Br)nn2COCC[Si](C)(C)C)n1. The molecule has 2 rings (SSSR count). The molecule has 2 heterocycles. The Labute approximate surface area is 192 Å². The van der Waals surface area contributed by atoms with E-state index in [0.717, 1.165) is 6.04 Å². The molecule has 0 fully saturated rings. The lowest BCUT2D eigenvalue weighted by atomic mass is 10.2. The number of rotatable bonds is 10. The Morgan fingerprint density at radius 1 is 1.32 bits per heavy atom. The number of halogens is 1. The molecule has 0 aliphatic rings. The fraction of sp³-hybridized carbons (Fsp3) is 0.600. The monoisotopic (exact) mass is 510 g/mol. The van der Waals surface area contributed by atoms with Crippen LogP contribution < -0.4 is 5.32 Å². The van der Waals surface area contributed by atoms with Gasteiger partial charge in [-0.15, -0.1) is 0 Å². The van der Waals surface area contributed by atoms with Crippen molar-refractivity contribution in [2.75, 3.05) is 11.9 Å². The molecule has 1 N–H and O–H groups in total. The Morgan fingerprint density at radius 3 is 2.65 bits per heavy atom. The van der Waals surface area contributed by atoms with Crippen molar-refractivity contribution in [3.8, 4) is 6.07 Å². The fourth-order valence-corrected chi connectivity index (χ4v) is 3.78. The number of aryl methyl sites for hydroxylation is 1. The average Bonchev–Trinajstić information content (AvgIpc) is 3.19. The minimum absolute atomic E-state index is 0.218. The molecular formula is C20H31BrN6O3Si. The zero-order chi connectivity index (χ0) is 23.2. The van der Waals surface area contributed by atoms with Gasteiger partial charge in [0, 0.05) is 26.9 Å². The molecule has 0 spiro atoms. The number of carbonyl (C=O) groups is 1. The van der Waals surface area contributed by atoms with E-state index in [1.165, 1.54) is 0 Å². The van der Waals surface area contributed by atoms with Gasteiger partial charge in [-0.05, 0) is 42.7 Å². The normalized spacial score (nSPS) is 11.9. The largest absolute Gasteiger partial charge is 0.460 e. The Hall–Kier alpha value is -2.16. The predicted octanol–water partition coefficient (Wildman–Crippen LogP) is 4.50. The van der Waals surface area contributed by atoms with Crippen LogP contribution in [0.15, 0.2) is 16.9 Å². The number of nitriles is 1. The average molecular weight is 511 g/mol. The smallest absolute Gasteiger partial charge is 0.308 e. The summed E-state index contributed by atoms with van der Waals surface area (Å²) in [5, 5.41) is 21.4. The molecule has 0 aliphatic heterocycles. The molecular weight excluding hydrogens is 480 g/mol. The molecule has 0 aliphatic carbocycles. The van der Waals surface area contributed by atoms with Crippen LogP contribution >= 0.6 is 15.9 Å². The number of carbonyl (C=O) groups excluding carboxylic acids is 1. The Bertz CT molecular complexity index is 936. The van der Waals surface area contributed by atoms with Crippen LogP contribution in [-0.2, 0) is 27.5 Å². The Morgan fingerprint density at radius 2 is 2.03 bits per heavy atom. The van der Waals surface area contributed by atoms with Crippen LogP contribution in [0.3, 0.4) is 0 Å². The minimum Gasteiger partial charge on any atom is -0.460 e. The Balaban J connectivity index is 2.02. The number of esters is 1. The highest BCUT2D eigenvalue weighted by atomic mass is 79.9. The third kappa shape index (κ3) is 8.47. The van der Waals surface area contributed by atoms with Crippen LogP contribution in [0.5, 0.6) is 0 Å². The molecule has 0 radical (unpaired) electrons. The quantitative estimate of drug-likeness (QED) is 0.284. The lowest BCUT2D eigenvalue weighted by Crippen LogP contribution is -2.24. The fourth-order valence-electron chi connectivity index (χ4n) is 2.55. The number of ether oxygens (including phenoxy) is 2. The van der Waals surface area contributed by atoms with Crippen LogP contribution in [0.2, 0.25) is 25.7 Å². The highest BCUT2D eigenvalue weighted by molar-refractivity contribution is 9.10. The van der Waals surface area contributed by atoms with Crippen LogP contribution in [0, 0.1) is 11.3 Å². The van der Waals surface area contributed by atoms with Gasteiger partial charge in [0.15, 0.2) is 11.6 Å². The van der Waals surface area contributed by atoms with Crippen molar-refractivity contribution in [1.82, 2.24) is 19.6 Å². The van der Waals surface area contributed by atoms with Crippen molar-refractivity contribution in [2.45, 2.75) is 71.8 Å². The van der Waals surface area contributed by atoms with Gasteiger partial charge in [-0.1, -0.05) is 19.6 Å². The van der Waals surface area contributed by atoms with E-state index in [9.17, 15) is 10.1 Å². The van der Waals surface area contributed by atoms with Gasteiger partial charge in [-0.25, -0.2) is 4.68 Å². The maximum atomic E-state index is 11.9. The summed E-state index contributed by atoms with van der Waals surface area (Å²) in [5.41, 5.74) is -0.137. The summed E-state index contributed by atoms with van der Waals surface area (Å²) in [7, 11) is -1.19. The molecule has 0 saturated heterocycles. The molecule has 0 bridgehead atoms. The van der Waals surface area contributed by atoms with Crippen molar-refractivity contribution in [2.24, 2.45) is 0 Å². The van der Waals surface area contributed by atoms with Gasteiger partial charge in [-0.2, -0.15) is 15.5 Å². The van der Waals surface area contributed by atoms with Crippen molar-refractivity contribution in [1.29, 1.82) is 5.26 Å². The van der Waals surface area contributed by atoms with Gasteiger partial charge in [-0.3, -0.25) is 9.48 Å². The van der Waals surface area contributed by atoms with Crippen molar-refractivity contribution < 1.29 is 14.3 Å². The second kappa shape index (κ2) is 10.4. The molecule has 0 amide bonds. The van der Waals surface area contributed by atoms with Gasteiger partial charge >= 0.3 is 5.97 Å². The van der Waals surface area contributed by atoms with Crippen molar-refractivity contribution >= 4 is 41.6 Å². The highest BCUT2D eigenvalue weighted by Gasteiger charge is 2.19. The van der Waals surface area contributed by atoms with Gasteiger partial charge in [0.25, 0.3) is 0 Å². The van der Waals surface area contributed by atoms with Gasteiger partial charge in [0.05, 0.1) is 13.0 Å². The highest BCUT2D eigenvalue weighted by Crippen LogP contribution is 2.26. The van der Waals surface area contributed by atoms with Crippen LogP contribution in [-0.4, -0.2) is 45.8 Å². The van der Waals surface area contributed by atoms with Crippen LogP contribution in [0.1, 0.15) is 32.8 Å². The summed E-state index contributed by atoms with van der Waals surface area (Å²) in [5.74, 6) is 0.762. The van der Waals surface area contributed by atoms with E-state index in [1.54, 1.807) is 21.6 Å². The molecule has 9 nitrogen and oxygen atoms in total. The number of aromatic nitrogens is 4. The lowest BCUT2D eigenvalue weighted by molar-refractivity contribution is -0.155. The first-order valence-electron chi connectivity index (χ1n) is 10.1. The minimum atomic E-state index is -1.19. The molecule has 0 unspecified atom stereocenters. The summed E-state index contributed by atoms with van der Waals surface area (Å²) < 4.78 is 14.8. The second-order valence-electron chi connectivity index (χ2n) is 9.40. The summed E-state index contributed by atoms with van der Waals surface area (Å²) in [6, 6.07) is 4.97. The third-order valence-corrected chi connectivity index (χ3v) is 6.34. The van der Waals surface area contributed by atoms with E-state index >= 15 is 0 Å². The van der Waals surface area contributed by atoms with E-state index < -0.39 is 13.7 Å². The van der Waals surface area contributed by atoms with E-state index in [2.05, 4.69) is 57.2 Å². The first-order valence-corrected chi connectivity index (χ1v) is 14.6. The molecule has 0 aromatic carbocycles. The van der Waals surface area contributed by atoms with Gasteiger partial charge in [0.2, 0.25) is 0 Å². The van der Waals surface area contributed by atoms with Gasteiger partial charge < -0.3 is 14.8 Å². The zero-order valence-corrected chi connectivity index (χ0v) is 21.6. The molecule has 11 heteroatoms. The maximum Gasteiger partial charge on any atom is 0.308 e. The summed E-state index contributed by atoms with van der Waals surface area (Å²) in [4.78, 5) is 11.9. The zero-order valence-electron chi connectivity index (χ0n) is 19.0. The van der Waals surface area contributed by atoms with E-state index in [1.807, 2.05) is 20.8 Å². The van der Waals surface area contributed by atoms with Crippen molar-refractivity contribution in [3.05, 3.63) is 22.4 Å². The van der Waals surface area contributed by atoms with Crippen molar-refractivity contribution in [3.63, 3.8) is 0 Å². The van der Waals surface area contributed by atoms with Crippen LogP contribution in [0.4, 0.5) is 11.6 Å². The molecule has 0 atom stereocenters. The van der Waals surface area contributed by atoms with E-state index in [-0.39, 0.29) is 19.1 Å². The summed E-state index contributed by atoms with van der Waals surface area (Å²) in [6.45, 7) is 13.7. The number of anilines is 2. The maximum absolute atomic E-state index is 11.9. The molecule has 0 saturated carbocycles. The molecule has 170 valence electrons. The van der Waals surface area contributed by atoms with Crippen LogP contribution in [0.25, 0.3) is 0 Å². The Kier molecular flexibility index (Phi) is 8.45. The number of nitrogens with zero attached hydrogens (tertiary/aromatic N) is 5. The van der Waals surface area contributed by atoms with E-state index in [4.69, 9.17) is 9.47 Å². The summed E-state index contributed by atoms with van der Waals surface area (Å²) >= 11 is 3.33. The number of hydrogen-bond acceptors (Lipinski definition) is 7.